The summed E-state index contributed by atoms with van der Waals surface area (Å²) in [5.74, 6) is -0.373. The molecule has 1 saturated heterocycles. The van der Waals surface area contributed by atoms with E-state index in [1.54, 1.807) is 0 Å². The van der Waals surface area contributed by atoms with Gasteiger partial charge in [-0.3, -0.25) is 14.2 Å². The summed E-state index contributed by atoms with van der Waals surface area (Å²) >= 11 is 0.996. The first-order chi connectivity index (χ1) is 19.0. The second-order valence-electron chi connectivity index (χ2n) is 9.22. The zero-order chi connectivity index (χ0) is 28.9. The van der Waals surface area contributed by atoms with E-state index in [1.165, 1.54) is 52.2 Å². The lowest BCUT2D eigenvalue weighted by Crippen LogP contribution is -2.35. The molecule has 0 unspecified atom stereocenters. The lowest BCUT2D eigenvalue weighted by atomic mass is 10.1. The summed E-state index contributed by atoms with van der Waals surface area (Å²) in [4.78, 5) is 24.3. The Bertz CT molecular complexity index is 1470. The maximum Gasteiger partial charge on any atom is 0.416 e. The van der Waals surface area contributed by atoms with E-state index in [0.29, 0.717) is 24.5 Å². The molecule has 214 valence electrons. The molecule has 0 atom stereocenters. The number of nitrogens with one attached hydrogen (secondary N) is 1. The molecule has 4 rings (SSSR count). The Morgan fingerprint density at radius 1 is 1.02 bits per heavy atom. The standard InChI is InChI=1S/C26H28F3N5O4S2/c1-18(35)30-13-12-24-31-32-25(34(24)21-7-5-6-20(16-21)26(27,28)29)39-17-23(36)19-8-10-22(11-9-19)40(37,38)33-14-3-2-4-15-33/h5-11,16H,2-4,12-15,17H2,1H3,(H,30,35). The molecule has 9 nitrogen and oxygen atoms in total. The first-order valence-electron chi connectivity index (χ1n) is 12.6. The van der Waals surface area contributed by atoms with Crippen LogP contribution in [-0.2, 0) is 27.4 Å². The smallest absolute Gasteiger partial charge is 0.356 e. The van der Waals surface area contributed by atoms with Crippen molar-refractivity contribution in [1.29, 1.82) is 0 Å². The van der Waals surface area contributed by atoms with E-state index in [4.69, 9.17) is 0 Å². The van der Waals surface area contributed by atoms with Crippen molar-refractivity contribution in [2.45, 2.75) is 48.8 Å². The predicted octanol–water partition coefficient (Wildman–Crippen LogP) is 4.11. The van der Waals surface area contributed by atoms with Gasteiger partial charge in [0.1, 0.15) is 5.82 Å². The maximum absolute atomic E-state index is 13.4. The van der Waals surface area contributed by atoms with Gasteiger partial charge < -0.3 is 5.32 Å². The number of hydrogen-bond donors (Lipinski definition) is 1. The average molecular weight is 596 g/mol. The Labute approximate surface area is 234 Å². The van der Waals surface area contributed by atoms with Crippen LogP contribution in [0.25, 0.3) is 5.69 Å². The lowest BCUT2D eigenvalue weighted by molar-refractivity contribution is -0.137. The molecule has 0 spiro atoms. The van der Waals surface area contributed by atoms with Crippen LogP contribution < -0.4 is 5.32 Å². The summed E-state index contributed by atoms with van der Waals surface area (Å²) in [5.41, 5.74) is -0.390. The fraction of sp³-hybridized carbons (Fsp3) is 0.385. The van der Waals surface area contributed by atoms with Crippen LogP contribution in [0.5, 0.6) is 0 Å². The summed E-state index contributed by atoms with van der Waals surface area (Å²) in [6.07, 6.45) is -1.74. The maximum atomic E-state index is 13.4. The number of hydrogen-bond acceptors (Lipinski definition) is 7. The molecule has 2 aromatic carbocycles. The molecule has 0 aliphatic carbocycles. The molecule has 14 heteroatoms. The van der Waals surface area contributed by atoms with Crippen molar-refractivity contribution in [3.8, 4) is 5.69 Å². The van der Waals surface area contributed by atoms with Gasteiger partial charge in [-0.1, -0.05) is 36.4 Å². The highest BCUT2D eigenvalue weighted by molar-refractivity contribution is 7.99. The van der Waals surface area contributed by atoms with E-state index in [2.05, 4.69) is 15.5 Å². The van der Waals surface area contributed by atoms with Gasteiger partial charge in [-0.2, -0.15) is 17.5 Å². The van der Waals surface area contributed by atoms with Gasteiger partial charge in [0.15, 0.2) is 10.9 Å². The average Bonchev–Trinajstić information content (AvgIpc) is 3.34. The van der Waals surface area contributed by atoms with E-state index < -0.39 is 21.8 Å². The third-order valence-electron chi connectivity index (χ3n) is 6.32. The van der Waals surface area contributed by atoms with Gasteiger partial charge in [0, 0.05) is 44.2 Å². The van der Waals surface area contributed by atoms with Crippen molar-refractivity contribution in [1.82, 2.24) is 24.4 Å². The molecule has 0 bridgehead atoms. The van der Waals surface area contributed by atoms with Gasteiger partial charge in [-0.05, 0) is 43.2 Å². The van der Waals surface area contributed by atoms with E-state index >= 15 is 0 Å². The number of carbonyl (C=O) groups excluding carboxylic acids is 2. The van der Waals surface area contributed by atoms with Crippen LogP contribution in [0.15, 0.2) is 58.6 Å². The fourth-order valence-corrected chi connectivity index (χ4v) is 6.65. The van der Waals surface area contributed by atoms with Crippen molar-refractivity contribution in [3.05, 3.63) is 65.5 Å². The Morgan fingerprint density at radius 2 is 1.73 bits per heavy atom. The minimum Gasteiger partial charge on any atom is -0.356 e. The number of rotatable bonds is 10. The first kappa shape index (κ1) is 29.7. The molecule has 1 aromatic heterocycles. The van der Waals surface area contributed by atoms with Gasteiger partial charge >= 0.3 is 6.18 Å². The molecule has 40 heavy (non-hydrogen) atoms. The summed E-state index contributed by atoms with van der Waals surface area (Å²) in [6, 6.07) is 10.4. The first-order valence-corrected chi connectivity index (χ1v) is 15.0. The minimum atomic E-state index is -4.56. The zero-order valence-corrected chi connectivity index (χ0v) is 23.3. The fourth-order valence-electron chi connectivity index (χ4n) is 4.27. The Morgan fingerprint density at radius 3 is 2.38 bits per heavy atom. The molecule has 1 aliphatic heterocycles. The zero-order valence-electron chi connectivity index (χ0n) is 21.6. The number of sulfonamides is 1. The Balaban J connectivity index is 1.52. The molecular weight excluding hydrogens is 567 g/mol. The highest BCUT2D eigenvalue weighted by atomic mass is 32.2. The van der Waals surface area contributed by atoms with Gasteiger partial charge in [0.25, 0.3) is 0 Å². The molecule has 1 amide bonds. The number of ketones is 1. The van der Waals surface area contributed by atoms with Gasteiger partial charge in [0.2, 0.25) is 15.9 Å². The second kappa shape index (κ2) is 12.5. The number of halogens is 3. The molecule has 2 heterocycles. The monoisotopic (exact) mass is 595 g/mol. The Hall–Kier alpha value is -3.23. The van der Waals surface area contributed by atoms with E-state index in [1.807, 2.05) is 0 Å². The summed E-state index contributed by atoms with van der Waals surface area (Å²) in [5, 5.41) is 11.0. The number of alkyl halides is 3. The number of aromatic nitrogens is 3. The highest BCUT2D eigenvalue weighted by Gasteiger charge is 2.31. The van der Waals surface area contributed by atoms with Gasteiger partial charge in [-0.25, -0.2) is 8.42 Å². The number of carbonyl (C=O) groups is 2. The molecule has 3 aromatic rings. The van der Waals surface area contributed by atoms with Gasteiger partial charge in [0.05, 0.1) is 16.2 Å². The number of benzene rings is 2. The van der Waals surface area contributed by atoms with Crippen LogP contribution in [0.4, 0.5) is 13.2 Å². The van der Waals surface area contributed by atoms with Crippen LogP contribution in [0.2, 0.25) is 0 Å². The van der Waals surface area contributed by atoms with Crippen molar-refractivity contribution in [3.63, 3.8) is 0 Å². The number of Topliss-reactive ketones (excluding diaryl/α,β-unsaturated/α-hetero) is 1. The van der Waals surface area contributed by atoms with Crippen molar-refractivity contribution < 1.29 is 31.2 Å². The normalized spacial score (nSPS) is 14.7. The van der Waals surface area contributed by atoms with Crippen LogP contribution in [0, 0.1) is 0 Å². The largest absolute Gasteiger partial charge is 0.416 e. The molecule has 1 fully saturated rings. The summed E-state index contributed by atoms with van der Waals surface area (Å²) in [7, 11) is -3.63. The number of amides is 1. The van der Waals surface area contributed by atoms with E-state index in [9.17, 15) is 31.2 Å². The van der Waals surface area contributed by atoms with Crippen LogP contribution in [0.3, 0.4) is 0 Å². The Kier molecular flexibility index (Phi) is 9.31. The second-order valence-corrected chi connectivity index (χ2v) is 12.1. The quantitative estimate of drug-likeness (QED) is 0.277. The predicted molar refractivity (Wildman–Crippen MR) is 143 cm³/mol. The molecular formula is C26H28F3N5O4S2. The highest BCUT2D eigenvalue weighted by Crippen LogP contribution is 2.32. The summed E-state index contributed by atoms with van der Waals surface area (Å²) in [6.45, 7) is 2.49. The molecule has 1 N–H and O–H groups in total. The number of thioether (sulfide) groups is 1. The van der Waals surface area contributed by atoms with Crippen LogP contribution in [-0.4, -0.2) is 64.6 Å². The SMILES string of the molecule is CC(=O)NCCc1nnc(SCC(=O)c2ccc(S(=O)(=O)N3CCCCC3)cc2)n1-c1cccc(C(F)(F)F)c1. The van der Waals surface area contributed by atoms with Crippen LogP contribution >= 0.6 is 11.8 Å². The lowest BCUT2D eigenvalue weighted by Gasteiger charge is -2.25. The third-order valence-corrected chi connectivity index (χ3v) is 9.16. The topological polar surface area (TPSA) is 114 Å². The van der Waals surface area contributed by atoms with E-state index in [0.717, 1.165) is 43.2 Å². The molecule has 1 aliphatic rings. The molecule has 0 radical (unpaired) electrons. The van der Waals surface area contributed by atoms with E-state index in [-0.39, 0.29) is 46.1 Å². The van der Waals surface area contributed by atoms with Crippen molar-refractivity contribution >= 4 is 33.5 Å². The van der Waals surface area contributed by atoms with Crippen molar-refractivity contribution in [2.75, 3.05) is 25.4 Å². The summed E-state index contributed by atoms with van der Waals surface area (Å²) < 4.78 is 68.8. The van der Waals surface area contributed by atoms with Crippen LogP contribution in [0.1, 0.15) is 47.9 Å². The third kappa shape index (κ3) is 7.09. The molecule has 0 saturated carbocycles. The van der Waals surface area contributed by atoms with Crippen molar-refractivity contribution in [2.24, 2.45) is 0 Å². The van der Waals surface area contributed by atoms with Gasteiger partial charge in [-0.15, -0.1) is 10.2 Å². The minimum absolute atomic E-state index is 0.110. The number of nitrogens with zero attached hydrogens (tertiary/aromatic N) is 4. The number of piperidine rings is 1.